The number of thiophene rings is 1. The molecule has 0 aliphatic heterocycles. The lowest BCUT2D eigenvalue weighted by Gasteiger charge is -2.05. The molecule has 0 spiro atoms. The first-order valence-electron chi connectivity index (χ1n) is 8.83. The second-order valence-corrected chi connectivity index (χ2v) is 7.96. The van der Waals surface area contributed by atoms with Crippen molar-refractivity contribution in [1.82, 2.24) is 0 Å². The van der Waals surface area contributed by atoms with Crippen molar-refractivity contribution in [1.29, 1.82) is 0 Å². The number of carbonyl (C=O) groups is 2. The number of carbonyl (C=O) groups excluding carboxylic acids is 1. The lowest BCUT2D eigenvalue weighted by atomic mass is 10.0. The van der Waals surface area contributed by atoms with Crippen LogP contribution in [0.3, 0.4) is 0 Å². The lowest BCUT2D eigenvalue weighted by molar-refractivity contribution is -0.137. The van der Waals surface area contributed by atoms with Crippen LogP contribution in [0.4, 0.5) is 0 Å². The summed E-state index contributed by atoms with van der Waals surface area (Å²) < 4.78 is 0. The number of Topliss-reactive ketones (excluding diaryl/α,β-unsaturated/α-hetero) is 1. The molecule has 25 heavy (non-hydrogen) atoms. The molecule has 0 fully saturated rings. The Morgan fingerprint density at radius 3 is 2.36 bits per heavy atom. The minimum Gasteiger partial charge on any atom is -0.481 e. The third kappa shape index (κ3) is 6.83. The van der Waals surface area contributed by atoms with Gasteiger partial charge in [0, 0.05) is 17.7 Å². The maximum atomic E-state index is 12.2. The number of hydrogen-bond donors (Lipinski definition) is 1. The average Bonchev–Trinajstić information content (AvgIpc) is 3.01. The fourth-order valence-electron chi connectivity index (χ4n) is 2.83. The van der Waals surface area contributed by atoms with E-state index in [1.807, 2.05) is 19.1 Å². The van der Waals surface area contributed by atoms with Gasteiger partial charge in [-0.05, 0) is 56.2 Å². The Balaban J connectivity index is 1.74. The largest absolute Gasteiger partial charge is 0.481 e. The van der Waals surface area contributed by atoms with Crippen LogP contribution in [-0.4, -0.2) is 16.9 Å². The minimum atomic E-state index is -0.847. The Bertz CT molecular complexity index is 700. The molecule has 134 valence electrons. The second kappa shape index (κ2) is 9.52. The van der Waals surface area contributed by atoms with Crippen LogP contribution in [0.25, 0.3) is 0 Å². The molecule has 1 aromatic heterocycles. The molecule has 3 nitrogen and oxygen atoms in total. The maximum Gasteiger partial charge on any atom is 0.303 e. The highest BCUT2D eigenvalue weighted by molar-refractivity contribution is 7.14. The van der Waals surface area contributed by atoms with E-state index in [2.05, 4.69) is 31.2 Å². The van der Waals surface area contributed by atoms with Gasteiger partial charge >= 0.3 is 5.97 Å². The number of aliphatic carboxylic acids is 1. The molecule has 1 N–H and O–H groups in total. The first-order valence-corrected chi connectivity index (χ1v) is 9.65. The molecule has 0 aliphatic carbocycles. The molecule has 1 atom stereocenters. The van der Waals surface area contributed by atoms with E-state index in [-0.39, 0.29) is 18.1 Å². The molecular formula is C21H26O3S. The number of benzene rings is 1. The number of hydrogen-bond acceptors (Lipinski definition) is 3. The van der Waals surface area contributed by atoms with Gasteiger partial charge in [0.25, 0.3) is 0 Å². The van der Waals surface area contributed by atoms with Crippen LogP contribution in [0.1, 0.15) is 58.3 Å². The Kier molecular flexibility index (Phi) is 7.38. The van der Waals surface area contributed by atoms with Gasteiger partial charge in [-0.3, -0.25) is 9.59 Å². The molecule has 2 rings (SSSR count). The van der Waals surface area contributed by atoms with Crippen LogP contribution in [0.15, 0.2) is 36.4 Å². The van der Waals surface area contributed by atoms with Crippen molar-refractivity contribution in [2.24, 2.45) is 5.92 Å². The topological polar surface area (TPSA) is 54.4 Å². The fourth-order valence-corrected chi connectivity index (χ4v) is 3.83. The second-order valence-electron chi connectivity index (χ2n) is 6.79. The standard InChI is InChI=1S/C21H26O3S/c1-15-7-9-17(10-8-15)5-3-4-6-18-11-12-20(25-18)19(22)13-16(2)14-21(23)24/h7-12,16H,3-6,13-14H2,1-2H3,(H,23,24)/t16-/m1/s1. The lowest BCUT2D eigenvalue weighted by Crippen LogP contribution is -2.09. The molecule has 1 heterocycles. The van der Waals surface area contributed by atoms with Crippen LogP contribution < -0.4 is 0 Å². The molecule has 0 saturated heterocycles. The van der Waals surface area contributed by atoms with Crippen molar-refractivity contribution in [3.63, 3.8) is 0 Å². The van der Waals surface area contributed by atoms with Gasteiger partial charge in [0.1, 0.15) is 0 Å². The van der Waals surface area contributed by atoms with Crippen molar-refractivity contribution in [2.45, 2.75) is 52.4 Å². The van der Waals surface area contributed by atoms with Crippen molar-refractivity contribution in [2.75, 3.05) is 0 Å². The van der Waals surface area contributed by atoms with Crippen molar-refractivity contribution < 1.29 is 14.7 Å². The Hall–Kier alpha value is -1.94. The van der Waals surface area contributed by atoms with Gasteiger partial charge in [-0.2, -0.15) is 0 Å². The van der Waals surface area contributed by atoms with E-state index in [9.17, 15) is 9.59 Å². The minimum absolute atomic E-state index is 0.0446. The van der Waals surface area contributed by atoms with E-state index in [0.29, 0.717) is 6.42 Å². The smallest absolute Gasteiger partial charge is 0.303 e. The molecule has 0 bridgehead atoms. The quantitative estimate of drug-likeness (QED) is 0.463. The number of ketones is 1. The predicted octanol–water partition coefficient (Wildman–Crippen LogP) is 5.31. The van der Waals surface area contributed by atoms with E-state index >= 15 is 0 Å². The maximum absolute atomic E-state index is 12.2. The van der Waals surface area contributed by atoms with Crippen molar-refractivity contribution >= 4 is 23.1 Å². The Labute approximate surface area is 153 Å². The predicted molar refractivity (Wildman–Crippen MR) is 103 cm³/mol. The summed E-state index contributed by atoms with van der Waals surface area (Å²) in [4.78, 5) is 24.9. The molecule has 0 aliphatic rings. The summed E-state index contributed by atoms with van der Waals surface area (Å²) >= 11 is 1.55. The number of carboxylic acids is 1. The molecule has 1 aromatic carbocycles. The van der Waals surface area contributed by atoms with Crippen LogP contribution >= 0.6 is 11.3 Å². The summed E-state index contributed by atoms with van der Waals surface area (Å²) in [6, 6.07) is 12.6. The van der Waals surface area contributed by atoms with E-state index in [1.54, 1.807) is 11.3 Å². The molecular weight excluding hydrogens is 332 g/mol. The summed E-state index contributed by atoms with van der Waals surface area (Å²) in [5.74, 6) is -0.907. The molecule has 0 amide bonds. The summed E-state index contributed by atoms with van der Waals surface area (Å²) in [7, 11) is 0. The van der Waals surface area contributed by atoms with Crippen LogP contribution in [-0.2, 0) is 17.6 Å². The summed E-state index contributed by atoms with van der Waals surface area (Å²) in [6.45, 7) is 3.91. The molecule has 0 unspecified atom stereocenters. The van der Waals surface area contributed by atoms with Crippen LogP contribution in [0, 0.1) is 12.8 Å². The third-order valence-electron chi connectivity index (χ3n) is 4.25. The van der Waals surface area contributed by atoms with E-state index in [4.69, 9.17) is 5.11 Å². The van der Waals surface area contributed by atoms with Crippen LogP contribution in [0.2, 0.25) is 0 Å². The molecule has 4 heteroatoms. The monoisotopic (exact) mass is 358 g/mol. The third-order valence-corrected chi connectivity index (χ3v) is 5.44. The summed E-state index contributed by atoms with van der Waals surface area (Å²) in [6.07, 6.45) is 4.68. The fraction of sp³-hybridized carbons (Fsp3) is 0.429. The van der Waals surface area contributed by atoms with E-state index in [1.165, 1.54) is 16.0 Å². The summed E-state index contributed by atoms with van der Waals surface area (Å²) in [5, 5.41) is 8.78. The highest BCUT2D eigenvalue weighted by atomic mass is 32.1. The Morgan fingerprint density at radius 2 is 1.68 bits per heavy atom. The highest BCUT2D eigenvalue weighted by Gasteiger charge is 2.15. The first kappa shape index (κ1) is 19.4. The van der Waals surface area contributed by atoms with Crippen LogP contribution in [0.5, 0.6) is 0 Å². The van der Waals surface area contributed by atoms with Gasteiger partial charge in [-0.25, -0.2) is 0 Å². The zero-order chi connectivity index (χ0) is 18.2. The van der Waals surface area contributed by atoms with Gasteiger partial charge in [-0.15, -0.1) is 11.3 Å². The van der Waals surface area contributed by atoms with E-state index < -0.39 is 5.97 Å². The van der Waals surface area contributed by atoms with Crippen molar-refractivity contribution in [3.05, 3.63) is 57.3 Å². The van der Waals surface area contributed by atoms with Crippen molar-refractivity contribution in [3.8, 4) is 0 Å². The van der Waals surface area contributed by atoms with Gasteiger partial charge in [-0.1, -0.05) is 36.8 Å². The van der Waals surface area contributed by atoms with Gasteiger partial charge < -0.3 is 5.11 Å². The Morgan fingerprint density at radius 1 is 1.00 bits per heavy atom. The normalized spacial score (nSPS) is 12.1. The average molecular weight is 359 g/mol. The zero-order valence-electron chi connectivity index (χ0n) is 15.0. The number of aryl methyl sites for hydroxylation is 3. The van der Waals surface area contributed by atoms with E-state index in [0.717, 1.165) is 30.6 Å². The number of unbranched alkanes of at least 4 members (excludes halogenated alkanes) is 1. The zero-order valence-corrected chi connectivity index (χ0v) is 15.8. The first-order chi connectivity index (χ1) is 11.9. The highest BCUT2D eigenvalue weighted by Crippen LogP contribution is 2.22. The number of rotatable bonds is 10. The molecule has 2 aromatic rings. The molecule has 0 saturated carbocycles. The van der Waals surface area contributed by atoms with Gasteiger partial charge in [0.05, 0.1) is 4.88 Å². The number of carboxylic acid groups (broad SMARTS) is 1. The summed E-state index contributed by atoms with van der Waals surface area (Å²) in [5.41, 5.74) is 2.66. The van der Waals surface area contributed by atoms with Gasteiger partial charge in [0.15, 0.2) is 5.78 Å². The molecule has 0 radical (unpaired) electrons. The SMILES string of the molecule is Cc1ccc(CCCCc2ccc(C(=O)C[C@@H](C)CC(=O)O)s2)cc1. The van der Waals surface area contributed by atoms with Gasteiger partial charge in [0.2, 0.25) is 0 Å².